The van der Waals surface area contributed by atoms with Gasteiger partial charge in [-0.2, -0.15) is 13.2 Å². The van der Waals surface area contributed by atoms with E-state index in [0.717, 1.165) is 0 Å². The molecule has 106 valence electrons. The van der Waals surface area contributed by atoms with Crippen LogP contribution >= 0.6 is 0 Å². The molecule has 8 heteroatoms. The van der Waals surface area contributed by atoms with Crippen LogP contribution in [0.25, 0.3) is 0 Å². The lowest BCUT2D eigenvalue weighted by Gasteiger charge is -2.09. The Bertz CT molecular complexity index is 449. The molecular weight excluding hydrogens is 263 g/mol. The van der Waals surface area contributed by atoms with Gasteiger partial charge in [-0.1, -0.05) is 0 Å². The van der Waals surface area contributed by atoms with E-state index < -0.39 is 17.5 Å². The number of hydrogen-bond donors (Lipinski definition) is 2. The molecule has 0 heterocycles. The summed E-state index contributed by atoms with van der Waals surface area (Å²) in [4.78, 5) is 10.2. The average Bonchev–Trinajstić information content (AvgIpc) is 2.26. The molecular formula is C11H14F3N3O2. The summed E-state index contributed by atoms with van der Waals surface area (Å²) in [5.41, 5.74) is 5.93. The number of benzene rings is 1. The molecule has 1 rings (SSSR count). The van der Waals surface area contributed by atoms with Crippen molar-refractivity contribution in [3.05, 3.63) is 28.3 Å². The summed E-state index contributed by atoms with van der Waals surface area (Å²) in [6, 6.07) is 4.04. The third-order valence-corrected chi connectivity index (χ3v) is 2.42. The number of rotatable bonds is 6. The van der Waals surface area contributed by atoms with Gasteiger partial charge in [0.25, 0.3) is 5.69 Å². The highest BCUT2D eigenvalue weighted by Gasteiger charge is 2.25. The van der Waals surface area contributed by atoms with Crippen LogP contribution in [0.2, 0.25) is 0 Å². The zero-order chi connectivity index (χ0) is 14.5. The zero-order valence-electron chi connectivity index (χ0n) is 10.0. The van der Waals surface area contributed by atoms with E-state index in [1.165, 1.54) is 18.2 Å². The monoisotopic (exact) mass is 277 g/mol. The summed E-state index contributed by atoms with van der Waals surface area (Å²) in [6.07, 6.45) is -4.77. The standard InChI is InChI=1S/C11H14F3N3O2/c12-11(13,14)5-1-2-6-16-9-7-8(15)3-4-10(9)17(18)19/h3-4,7,16H,1-2,5-6,15H2. The Kier molecular flexibility index (Phi) is 4.96. The molecule has 0 aromatic heterocycles. The Morgan fingerprint density at radius 1 is 1.32 bits per heavy atom. The van der Waals surface area contributed by atoms with Crippen LogP contribution in [0.5, 0.6) is 0 Å². The van der Waals surface area contributed by atoms with Crippen LogP contribution in [0.4, 0.5) is 30.2 Å². The Hall–Kier alpha value is -1.99. The summed E-state index contributed by atoms with van der Waals surface area (Å²) in [5.74, 6) is 0. The number of nitrogens with one attached hydrogen (secondary N) is 1. The van der Waals surface area contributed by atoms with Gasteiger partial charge in [-0.3, -0.25) is 10.1 Å². The predicted octanol–water partition coefficient (Wildman–Crippen LogP) is 3.32. The van der Waals surface area contributed by atoms with Crippen molar-refractivity contribution in [2.75, 3.05) is 17.6 Å². The highest BCUT2D eigenvalue weighted by Crippen LogP contribution is 2.27. The molecule has 0 atom stereocenters. The van der Waals surface area contributed by atoms with E-state index in [0.29, 0.717) is 5.69 Å². The van der Waals surface area contributed by atoms with Gasteiger partial charge in [0, 0.05) is 24.7 Å². The Balaban J connectivity index is 2.49. The van der Waals surface area contributed by atoms with Crippen LogP contribution in [0.1, 0.15) is 19.3 Å². The van der Waals surface area contributed by atoms with E-state index in [9.17, 15) is 23.3 Å². The number of halogens is 3. The number of nitrogen functional groups attached to an aromatic ring is 1. The largest absolute Gasteiger partial charge is 0.399 e. The lowest BCUT2D eigenvalue weighted by atomic mass is 10.2. The fraction of sp³-hybridized carbons (Fsp3) is 0.455. The van der Waals surface area contributed by atoms with E-state index in [4.69, 9.17) is 5.73 Å². The first-order valence-electron chi connectivity index (χ1n) is 5.64. The second-order valence-electron chi connectivity index (χ2n) is 4.03. The van der Waals surface area contributed by atoms with Gasteiger partial charge in [-0.15, -0.1) is 0 Å². The SMILES string of the molecule is Nc1ccc([N+](=O)[O-])c(NCCCCC(F)(F)F)c1. The number of anilines is 2. The quantitative estimate of drug-likeness (QED) is 0.362. The molecule has 19 heavy (non-hydrogen) atoms. The highest BCUT2D eigenvalue weighted by molar-refractivity contribution is 5.67. The van der Waals surface area contributed by atoms with Gasteiger partial charge in [-0.05, 0) is 25.0 Å². The van der Waals surface area contributed by atoms with Gasteiger partial charge in [-0.25, -0.2) is 0 Å². The van der Waals surface area contributed by atoms with Crippen molar-refractivity contribution in [3.63, 3.8) is 0 Å². The first-order chi connectivity index (χ1) is 8.79. The number of nitrogens with two attached hydrogens (primary N) is 1. The molecule has 0 fully saturated rings. The molecule has 0 saturated heterocycles. The Morgan fingerprint density at radius 3 is 2.58 bits per heavy atom. The van der Waals surface area contributed by atoms with E-state index in [-0.39, 0.29) is 30.8 Å². The van der Waals surface area contributed by atoms with E-state index in [1.807, 2.05) is 0 Å². The minimum Gasteiger partial charge on any atom is -0.399 e. The summed E-state index contributed by atoms with van der Waals surface area (Å²) < 4.78 is 35.7. The Morgan fingerprint density at radius 2 is 2.00 bits per heavy atom. The number of alkyl halides is 3. The highest BCUT2D eigenvalue weighted by atomic mass is 19.4. The van der Waals surface area contributed by atoms with Crippen molar-refractivity contribution in [1.82, 2.24) is 0 Å². The van der Waals surface area contributed by atoms with Gasteiger partial charge >= 0.3 is 6.18 Å². The minimum absolute atomic E-state index is 0.0212. The van der Waals surface area contributed by atoms with Gasteiger partial charge < -0.3 is 11.1 Å². The van der Waals surface area contributed by atoms with E-state index in [1.54, 1.807) is 0 Å². The molecule has 0 unspecified atom stereocenters. The second kappa shape index (κ2) is 6.26. The molecule has 0 aliphatic carbocycles. The number of hydrogen-bond acceptors (Lipinski definition) is 4. The third-order valence-electron chi connectivity index (χ3n) is 2.42. The topological polar surface area (TPSA) is 81.2 Å². The molecule has 1 aromatic rings. The molecule has 0 saturated carbocycles. The molecule has 0 aliphatic heterocycles. The van der Waals surface area contributed by atoms with Crippen LogP contribution in [-0.4, -0.2) is 17.6 Å². The van der Waals surface area contributed by atoms with Crippen molar-refractivity contribution in [2.24, 2.45) is 0 Å². The first kappa shape index (κ1) is 15.1. The van der Waals surface area contributed by atoms with E-state index in [2.05, 4.69) is 5.32 Å². The average molecular weight is 277 g/mol. The minimum atomic E-state index is -4.16. The van der Waals surface area contributed by atoms with Gasteiger partial charge in [0.15, 0.2) is 0 Å². The normalized spacial score (nSPS) is 11.3. The Labute approximate surface area is 107 Å². The molecule has 0 bridgehead atoms. The van der Waals surface area contributed by atoms with Crippen molar-refractivity contribution in [3.8, 4) is 0 Å². The number of unbranched alkanes of at least 4 members (excludes halogenated alkanes) is 1. The van der Waals surface area contributed by atoms with Gasteiger partial charge in [0.05, 0.1) is 4.92 Å². The van der Waals surface area contributed by atoms with Crippen molar-refractivity contribution in [2.45, 2.75) is 25.4 Å². The van der Waals surface area contributed by atoms with Crippen LogP contribution < -0.4 is 11.1 Å². The van der Waals surface area contributed by atoms with Crippen molar-refractivity contribution >= 4 is 17.1 Å². The summed E-state index contributed by atoms with van der Waals surface area (Å²) in [5, 5.41) is 13.5. The molecule has 0 amide bonds. The van der Waals surface area contributed by atoms with Crippen molar-refractivity contribution in [1.29, 1.82) is 0 Å². The predicted molar refractivity (Wildman–Crippen MR) is 65.9 cm³/mol. The van der Waals surface area contributed by atoms with Gasteiger partial charge in [0.1, 0.15) is 5.69 Å². The fourth-order valence-corrected chi connectivity index (χ4v) is 1.53. The van der Waals surface area contributed by atoms with Crippen molar-refractivity contribution < 1.29 is 18.1 Å². The molecule has 5 nitrogen and oxygen atoms in total. The fourth-order valence-electron chi connectivity index (χ4n) is 1.53. The second-order valence-corrected chi connectivity index (χ2v) is 4.03. The van der Waals surface area contributed by atoms with Gasteiger partial charge in [0.2, 0.25) is 0 Å². The zero-order valence-corrected chi connectivity index (χ0v) is 10.0. The molecule has 0 radical (unpaired) electrons. The number of nitrogens with zero attached hydrogens (tertiary/aromatic N) is 1. The third kappa shape index (κ3) is 5.45. The lowest BCUT2D eigenvalue weighted by molar-refractivity contribution is -0.383. The van der Waals surface area contributed by atoms with E-state index >= 15 is 0 Å². The van der Waals surface area contributed by atoms with Crippen LogP contribution in [0, 0.1) is 10.1 Å². The first-order valence-corrected chi connectivity index (χ1v) is 5.64. The van der Waals surface area contributed by atoms with Crippen LogP contribution in [-0.2, 0) is 0 Å². The lowest BCUT2D eigenvalue weighted by Crippen LogP contribution is -2.09. The maximum absolute atomic E-state index is 11.9. The summed E-state index contributed by atoms with van der Waals surface area (Å²) in [6.45, 7) is 0.223. The maximum atomic E-state index is 11.9. The number of nitro benzene ring substituents is 1. The maximum Gasteiger partial charge on any atom is 0.389 e. The molecule has 1 aromatic carbocycles. The smallest absolute Gasteiger partial charge is 0.389 e. The van der Waals surface area contributed by atoms with Crippen LogP contribution in [0.15, 0.2) is 18.2 Å². The van der Waals surface area contributed by atoms with Crippen LogP contribution in [0.3, 0.4) is 0 Å². The molecule has 0 spiro atoms. The number of nitro groups is 1. The molecule has 3 N–H and O–H groups in total. The summed E-state index contributed by atoms with van der Waals surface area (Å²) in [7, 11) is 0. The summed E-state index contributed by atoms with van der Waals surface area (Å²) >= 11 is 0. The molecule has 0 aliphatic rings.